The maximum atomic E-state index is 11.9. The molecule has 0 aromatic heterocycles. The van der Waals surface area contributed by atoms with Gasteiger partial charge in [0.25, 0.3) is 0 Å². The first-order valence-electron chi connectivity index (χ1n) is 7.74. The molecule has 0 saturated carbocycles. The van der Waals surface area contributed by atoms with Crippen LogP contribution >= 0.6 is 24.8 Å². The van der Waals surface area contributed by atoms with Crippen molar-refractivity contribution in [2.45, 2.75) is 52.2 Å². The standard InChI is InChI=1S/C17H29N3O.2ClH/c1-13(2)20(14(3)4)11-10-19-17(21)12-16(18)15-8-6-5-7-9-15;;/h5-9,13-14,16H,10-12,18H2,1-4H3,(H,19,21);2*1H. The lowest BCUT2D eigenvalue weighted by Gasteiger charge is -2.30. The highest BCUT2D eigenvalue weighted by atomic mass is 35.5. The van der Waals surface area contributed by atoms with Crippen molar-refractivity contribution in [3.8, 4) is 0 Å². The van der Waals surface area contributed by atoms with Gasteiger partial charge in [-0.3, -0.25) is 9.69 Å². The number of rotatable bonds is 8. The summed E-state index contributed by atoms with van der Waals surface area (Å²) in [6.45, 7) is 10.2. The van der Waals surface area contributed by atoms with E-state index in [1.165, 1.54) is 0 Å². The average Bonchev–Trinajstić information content (AvgIpc) is 2.43. The molecule has 1 atom stereocenters. The fourth-order valence-corrected chi connectivity index (χ4v) is 2.53. The minimum atomic E-state index is -0.238. The number of nitrogens with one attached hydrogen (secondary N) is 1. The number of nitrogens with two attached hydrogens (primary N) is 1. The zero-order chi connectivity index (χ0) is 15.8. The van der Waals surface area contributed by atoms with E-state index in [4.69, 9.17) is 5.73 Å². The van der Waals surface area contributed by atoms with Crippen LogP contribution in [-0.4, -0.2) is 36.0 Å². The minimum absolute atomic E-state index is 0. The van der Waals surface area contributed by atoms with Crippen LogP contribution in [0.4, 0.5) is 0 Å². The van der Waals surface area contributed by atoms with Crippen molar-refractivity contribution in [3.05, 3.63) is 35.9 Å². The Morgan fingerprint density at radius 2 is 1.61 bits per heavy atom. The topological polar surface area (TPSA) is 58.4 Å². The molecule has 0 bridgehead atoms. The number of hydrogen-bond donors (Lipinski definition) is 2. The van der Waals surface area contributed by atoms with Crippen LogP contribution in [0.1, 0.15) is 45.7 Å². The third-order valence-corrected chi connectivity index (χ3v) is 3.65. The lowest BCUT2D eigenvalue weighted by Crippen LogP contribution is -2.42. The van der Waals surface area contributed by atoms with Gasteiger partial charge in [-0.25, -0.2) is 0 Å². The molecule has 1 amide bonds. The Hall–Kier alpha value is -0.810. The SMILES string of the molecule is CC(C)N(CCNC(=O)CC(N)c1ccccc1)C(C)C.Cl.Cl. The van der Waals surface area contributed by atoms with Gasteiger partial charge in [-0.1, -0.05) is 30.3 Å². The summed E-state index contributed by atoms with van der Waals surface area (Å²) in [5.74, 6) is 0.0128. The largest absolute Gasteiger partial charge is 0.355 e. The molecular formula is C17H31Cl2N3O. The van der Waals surface area contributed by atoms with E-state index in [0.29, 0.717) is 25.0 Å². The summed E-state index contributed by atoms with van der Waals surface area (Å²) >= 11 is 0. The normalized spacial score (nSPS) is 11.8. The third kappa shape index (κ3) is 9.16. The van der Waals surface area contributed by atoms with Crippen molar-refractivity contribution in [2.24, 2.45) is 5.73 Å². The Kier molecular flexibility index (Phi) is 13.4. The van der Waals surface area contributed by atoms with Crippen LogP contribution in [0, 0.1) is 0 Å². The first-order chi connectivity index (χ1) is 9.91. The van der Waals surface area contributed by atoms with Gasteiger partial charge >= 0.3 is 0 Å². The first-order valence-corrected chi connectivity index (χ1v) is 7.74. The lowest BCUT2D eigenvalue weighted by molar-refractivity contribution is -0.121. The predicted molar refractivity (Wildman–Crippen MR) is 102 cm³/mol. The van der Waals surface area contributed by atoms with Gasteiger partial charge in [-0.05, 0) is 33.3 Å². The van der Waals surface area contributed by atoms with Crippen molar-refractivity contribution < 1.29 is 4.79 Å². The van der Waals surface area contributed by atoms with Crippen LogP contribution in [-0.2, 0) is 4.79 Å². The van der Waals surface area contributed by atoms with Crippen molar-refractivity contribution in [1.82, 2.24) is 10.2 Å². The highest BCUT2D eigenvalue weighted by Gasteiger charge is 2.14. The maximum Gasteiger partial charge on any atom is 0.221 e. The summed E-state index contributed by atoms with van der Waals surface area (Å²) in [4.78, 5) is 14.3. The molecule has 0 fully saturated rings. The predicted octanol–water partition coefficient (Wildman–Crippen LogP) is 3.16. The number of carbonyl (C=O) groups excluding carboxylic acids is 1. The monoisotopic (exact) mass is 363 g/mol. The molecule has 134 valence electrons. The van der Waals surface area contributed by atoms with E-state index in [1.807, 2.05) is 30.3 Å². The van der Waals surface area contributed by atoms with E-state index >= 15 is 0 Å². The van der Waals surface area contributed by atoms with Crippen LogP contribution in [0.25, 0.3) is 0 Å². The molecule has 1 rings (SSSR count). The second-order valence-corrected chi connectivity index (χ2v) is 6.00. The Morgan fingerprint density at radius 1 is 1.09 bits per heavy atom. The number of amides is 1. The van der Waals surface area contributed by atoms with Gasteiger partial charge in [0.2, 0.25) is 5.91 Å². The van der Waals surface area contributed by atoms with Gasteiger partial charge in [0.15, 0.2) is 0 Å². The molecule has 1 unspecified atom stereocenters. The van der Waals surface area contributed by atoms with Crippen LogP contribution in [0.5, 0.6) is 0 Å². The molecule has 0 spiro atoms. The van der Waals surface area contributed by atoms with E-state index in [0.717, 1.165) is 12.1 Å². The summed E-state index contributed by atoms with van der Waals surface area (Å²) in [6.07, 6.45) is 0.327. The molecule has 0 aliphatic heterocycles. The van der Waals surface area contributed by atoms with Crippen LogP contribution < -0.4 is 11.1 Å². The number of halogens is 2. The molecule has 0 radical (unpaired) electrons. The summed E-state index contributed by atoms with van der Waals surface area (Å²) in [6, 6.07) is 10.5. The molecule has 23 heavy (non-hydrogen) atoms. The van der Waals surface area contributed by atoms with Crippen molar-refractivity contribution in [3.63, 3.8) is 0 Å². The number of nitrogens with zero attached hydrogens (tertiary/aromatic N) is 1. The highest BCUT2D eigenvalue weighted by molar-refractivity contribution is 5.85. The smallest absolute Gasteiger partial charge is 0.221 e. The van der Waals surface area contributed by atoms with Gasteiger partial charge in [0.05, 0.1) is 0 Å². The fraction of sp³-hybridized carbons (Fsp3) is 0.588. The molecule has 6 heteroatoms. The Balaban J connectivity index is 0. The summed E-state index contributed by atoms with van der Waals surface area (Å²) in [5, 5.41) is 2.96. The summed E-state index contributed by atoms with van der Waals surface area (Å²) < 4.78 is 0. The summed E-state index contributed by atoms with van der Waals surface area (Å²) in [5.41, 5.74) is 7.05. The van der Waals surface area contributed by atoms with Gasteiger partial charge in [0.1, 0.15) is 0 Å². The highest BCUT2D eigenvalue weighted by Crippen LogP contribution is 2.12. The maximum absolute atomic E-state index is 11.9. The van der Waals surface area contributed by atoms with Crippen LogP contribution in [0.3, 0.4) is 0 Å². The molecule has 0 aliphatic rings. The molecule has 1 aromatic carbocycles. The zero-order valence-electron chi connectivity index (χ0n) is 14.5. The second kappa shape index (κ2) is 12.6. The van der Waals surface area contributed by atoms with Crippen molar-refractivity contribution in [2.75, 3.05) is 13.1 Å². The molecule has 0 aliphatic carbocycles. The molecule has 3 N–H and O–H groups in total. The van der Waals surface area contributed by atoms with Gasteiger partial charge in [-0.2, -0.15) is 0 Å². The Morgan fingerprint density at radius 3 is 2.09 bits per heavy atom. The third-order valence-electron chi connectivity index (χ3n) is 3.65. The number of benzene rings is 1. The average molecular weight is 364 g/mol. The quantitative estimate of drug-likeness (QED) is 0.745. The minimum Gasteiger partial charge on any atom is -0.355 e. The Bertz CT molecular complexity index is 419. The van der Waals surface area contributed by atoms with Gasteiger partial charge < -0.3 is 11.1 Å². The molecule has 0 saturated heterocycles. The molecule has 0 heterocycles. The van der Waals surface area contributed by atoms with Crippen molar-refractivity contribution >= 4 is 30.7 Å². The Labute approximate surface area is 153 Å². The fourth-order valence-electron chi connectivity index (χ4n) is 2.53. The van der Waals surface area contributed by atoms with Crippen molar-refractivity contribution in [1.29, 1.82) is 0 Å². The number of hydrogen-bond acceptors (Lipinski definition) is 3. The van der Waals surface area contributed by atoms with Crippen LogP contribution in [0.15, 0.2) is 30.3 Å². The second-order valence-electron chi connectivity index (χ2n) is 6.00. The number of carbonyl (C=O) groups is 1. The first kappa shape index (κ1) is 24.4. The van der Waals surface area contributed by atoms with E-state index in [2.05, 4.69) is 37.9 Å². The molecule has 1 aromatic rings. The van der Waals surface area contributed by atoms with Crippen LogP contribution in [0.2, 0.25) is 0 Å². The van der Waals surface area contributed by atoms with Gasteiger partial charge in [-0.15, -0.1) is 24.8 Å². The van der Waals surface area contributed by atoms with Gasteiger partial charge in [0, 0.05) is 37.6 Å². The lowest BCUT2D eigenvalue weighted by atomic mass is 10.0. The summed E-state index contributed by atoms with van der Waals surface area (Å²) in [7, 11) is 0. The molecular weight excluding hydrogens is 333 g/mol. The van der Waals surface area contributed by atoms with E-state index in [-0.39, 0.29) is 36.8 Å². The van der Waals surface area contributed by atoms with E-state index < -0.39 is 0 Å². The van der Waals surface area contributed by atoms with E-state index in [9.17, 15) is 4.79 Å². The van der Waals surface area contributed by atoms with E-state index in [1.54, 1.807) is 0 Å². The molecule has 4 nitrogen and oxygen atoms in total. The zero-order valence-corrected chi connectivity index (χ0v) is 16.1.